The number of nitrogens with zero attached hydrogens (tertiary/aromatic N) is 4. The van der Waals surface area contributed by atoms with E-state index < -0.39 is 0 Å². The summed E-state index contributed by atoms with van der Waals surface area (Å²) in [5.74, 6) is -0.202. The summed E-state index contributed by atoms with van der Waals surface area (Å²) in [5.41, 5.74) is 5.89. The van der Waals surface area contributed by atoms with Crippen molar-refractivity contribution in [1.29, 1.82) is 0 Å². The Bertz CT molecular complexity index is 1370. The van der Waals surface area contributed by atoms with Gasteiger partial charge in [0.15, 0.2) is 11.3 Å². The molecular weight excluding hydrogens is 410 g/mol. The zero-order valence-electron chi connectivity index (χ0n) is 18.1. The fraction of sp³-hybridized carbons (Fsp3) is 0.111. The van der Waals surface area contributed by atoms with Crippen LogP contribution >= 0.6 is 0 Å². The quantitative estimate of drug-likeness (QED) is 0.374. The van der Waals surface area contributed by atoms with E-state index >= 15 is 0 Å². The topological polar surface area (TPSA) is 72.2 Å². The maximum Gasteiger partial charge on any atom is 0.271 e. The van der Waals surface area contributed by atoms with Crippen LogP contribution in [0.15, 0.2) is 97.3 Å². The van der Waals surface area contributed by atoms with Crippen molar-refractivity contribution in [3.63, 3.8) is 0 Å². The van der Waals surface area contributed by atoms with Gasteiger partial charge in [-0.3, -0.25) is 9.78 Å². The monoisotopic (exact) mass is 433 g/mol. The van der Waals surface area contributed by atoms with Crippen LogP contribution in [0.5, 0.6) is 0 Å². The minimum Gasteiger partial charge on any atom is -0.351 e. The second-order valence-corrected chi connectivity index (χ2v) is 7.78. The number of benzene rings is 2. The second kappa shape index (κ2) is 9.44. The Morgan fingerprint density at radius 3 is 2.36 bits per heavy atom. The molecule has 0 radical (unpaired) electrons. The molecule has 0 saturated heterocycles. The molecule has 0 saturated carbocycles. The average molecular weight is 434 g/mol. The summed E-state index contributed by atoms with van der Waals surface area (Å²) >= 11 is 0. The van der Waals surface area contributed by atoms with Gasteiger partial charge in [-0.15, -0.1) is 0 Å². The Hall–Kier alpha value is -4.32. The molecule has 162 valence electrons. The van der Waals surface area contributed by atoms with Crippen molar-refractivity contribution < 1.29 is 4.79 Å². The van der Waals surface area contributed by atoms with Crippen LogP contribution in [-0.2, 0) is 6.42 Å². The van der Waals surface area contributed by atoms with Crippen LogP contribution in [0.25, 0.3) is 28.2 Å². The van der Waals surface area contributed by atoms with Crippen LogP contribution in [0.2, 0.25) is 0 Å². The van der Waals surface area contributed by atoms with Gasteiger partial charge in [-0.05, 0) is 30.5 Å². The number of nitrogens with one attached hydrogen (secondary N) is 1. The molecule has 3 aromatic heterocycles. The van der Waals surface area contributed by atoms with Gasteiger partial charge in [0.05, 0.1) is 11.4 Å². The third-order valence-electron chi connectivity index (χ3n) is 5.45. The standard InChI is InChI=1S/C27H23N5O/c33-27(29-16-8-10-20-9-7-15-28-19-20)24-18-26-30-23(21-11-3-1-4-12-21)17-25(32(26)31-24)22-13-5-2-6-14-22/h1-7,9,11-15,17-19H,8,10,16H2,(H,29,33). The minimum atomic E-state index is -0.202. The molecule has 3 heterocycles. The lowest BCUT2D eigenvalue weighted by molar-refractivity contribution is 0.0948. The molecule has 0 spiro atoms. The summed E-state index contributed by atoms with van der Waals surface area (Å²) in [4.78, 5) is 21.7. The summed E-state index contributed by atoms with van der Waals surface area (Å²) in [5, 5.41) is 7.57. The van der Waals surface area contributed by atoms with Gasteiger partial charge in [-0.1, -0.05) is 66.7 Å². The number of aryl methyl sites for hydroxylation is 1. The highest BCUT2D eigenvalue weighted by Crippen LogP contribution is 2.26. The summed E-state index contributed by atoms with van der Waals surface area (Å²) < 4.78 is 1.74. The number of pyridine rings is 1. The Labute approximate surface area is 192 Å². The van der Waals surface area contributed by atoms with Crippen LogP contribution in [0.1, 0.15) is 22.5 Å². The van der Waals surface area contributed by atoms with E-state index in [0.29, 0.717) is 17.9 Å². The number of hydrogen-bond acceptors (Lipinski definition) is 4. The lowest BCUT2D eigenvalue weighted by Gasteiger charge is -2.08. The normalized spacial score (nSPS) is 10.9. The van der Waals surface area contributed by atoms with Gasteiger partial charge >= 0.3 is 0 Å². The van der Waals surface area contributed by atoms with Gasteiger partial charge in [0, 0.05) is 36.1 Å². The van der Waals surface area contributed by atoms with E-state index in [-0.39, 0.29) is 5.91 Å². The van der Waals surface area contributed by atoms with E-state index in [1.165, 1.54) is 0 Å². The highest BCUT2D eigenvalue weighted by Gasteiger charge is 2.16. The molecule has 0 atom stereocenters. The highest BCUT2D eigenvalue weighted by atomic mass is 16.1. The summed E-state index contributed by atoms with van der Waals surface area (Å²) in [6, 6.07) is 27.8. The van der Waals surface area contributed by atoms with Crippen molar-refractivity contribution in [2.75, 3.05) is 6.54 Å². The molecule has 2 aromatic carbocycles. The average Bonchev–Trinajstić information content (AvgIpc) is 3.32. The molecule has 0 fully saturated rings. The van der Waals surface area contributed by atoms with Crippen molar-refractivity contribution in [2.24, 2.45) is 0 Å². The van der Waals surface area contributed by atoms with Gasteiger partial charge in [-0.25, -0.2) is 9.50 Å². The third kappa shape index (κ3) is 4.65. The molecule has 5 aromatic rings. The smallest absolute Gasteiger partial charge is 0.271 e. The van der Waals surface area contributed by atoms with Crippen LogP contribution < -0.4 is 5.32 Å². The molecule has 0 unspecified atom stereocenters. The molecule has 0 aliphatic carbocycles. The van der Waals surface area contributed by atoms with Crippen LogP contribution in [-0.4, -0.2) is 32.0 Å². The SMILES string of the molecule is O=C(NCCCc1cccnc1)c1cc2nc(-c3ccccc3)cc(-c3ccccc3)n2n1. The maximum atomic E-state index is 12.8. The molecule has 0 bridgehead atoms. The summed E-state index contributed by atoms with van der Waals surface area (Å²) in [6.45, 7) is 0.565. The Morgan fingerprint density at radius 1 is 0.879 bits per heavy atom. The lowest BCUT2D eigenvalue weighted by Crippen LogP contribution is -2.25. The second-order valence-electron chi connectivity index (χ2n) is 7.78. The molecule has 33 heavy (non-hydrogen) atoms. The Kier molecular flexibility index (Phi) is 5.89. The fourth-order valence-electron chi connectivity index (χ4n) is 3.79. The lowest BCUT2D eigenvalue weighted by atomic mass is 10.1. The fourth-order valence-corrected chi connectivity index (χ4v) is 3.79. The van der Waals surface area contributed by atoms with Gasteiger partial charge in [0.25, 0.3) is 5.91 Å². The Balaban J connectivity index is 1.42. The first kappa shape index (κ1) is 20.6. The van der Waals surface area contributed by atoms with E-state index in [0.717, 1.165) is 40.9 Å². The number of amides is 1. The highest BCUT2D eigenvalue weighted by molar-refractivity contribution is 5.93. The Morgan fingerprint density at radius 2 is 1.64 bits per heavy atom. The first-order valence-corrected chi connectivity index (χ1v) is 11.0. The third-order valence-corrected chi connectivity index (χ3v) is 5.45. The maximum absolute atomic E-state index is 12.8. The van der Waals surface area contributed by atoms with Gasteiger partial charge in [-0.2, -0.15) is 5.10 Å². The molecule has 5 rings (SSSR count). The van der Waals surface area contributed by atoms with Gasteiger partial charge in [0.1, 0.15) is 0 Å². The van der Waals surface area contributed by atoms with E-state index in [2.05, 4.69) is 15.4 Å². The number of fused-ring (bicyclic) bond motifs is 1. The zero-order valence-corrected chi connectivity index (χ0v) is 18.1. The predicted octanol–water partition coefficient (Wildman–Crippen LogP) is 4.82. The van der Waals surface area contributed by atoms with E-state index in [1.54, 1.807) is 16.8 Å². The summed E-state index contributed by atoms with van der Waals surface area (Å²) in [6.07, 6.45) is 5.30. The first-order valence-electron chi connectivity index (χ1n) is 11.0. The number of hydrogen-bond donors (Lipinski definition) is 1. The number of rotatable bonds is 7. The molecule has 1 amide bonds. The molecule has 0 aliphatic rings. The van der Waals surface area contributed by atoms with E-state index in [4.69, 9.17) is 4.98 Å². The summed E-state index contributed by atoms with van der Waals surface area (Å²) in [7, 11) is 0. The number of carbonyl (C=O) groups is 1. The minimum absolute atomic E-state index is 0.202. The molecule has 0 aliphatic heterocycles. The van der Waals surface area contributed by atoms with Crippen molar-refractivity contribution in [3.8, 4) is 22.5 Å². The number of carbonyl (C=O) groups excluding carboxylic acids is 1. The van der Waals surface area contributed by atoms with Crippen molar-refractivity contribution in [1.82, 2.24) is 24.9 Å². The molecule has 1 N–H and O–H groups in total. The molecular formula is C27H23N5O. The molecule has 6 heteroatoms. The van der Waals surface area contributed by atoms with E-state index in [9.17, 15) is 4.79 Å². The van der Waals surface area contributed by atoms with Crippen LogP contribution in [0.3, 0.4) is 0 Å². The van der Waals surface area contributed by atoms with Gasteiger partial charge < -0.3 is 5.32 Å². The van der Waals surface area contributed by atoms with E-state index in [1.807, 2.05) is 85.1 Å². The number of aromatic nitrogens is 4. The van der Waals surface area contributed by atoms with Gasteiger partial charge in [0.2, 0.25) is 0 Å². The van der Waals surface area contributed by atoms with Crippen molar-refractivity contribution in [2.45, 2.75) is 12.8 Å². The first-order chi connectivity index (χ1) is 16.3. The van der Waals surface area contributed by atoms with Crippen molar-refractivity contribution in [3.05, 3.63) is 109 Å². The zero-order chi connectivity index (χ0) is 22.5. The van der Waals surface area contributed by atoms with Crippen molar-refractivity contribution >= 4 is 11.6 Å². The largest absolute Gasteiger partial charge is 0.351 e. The molecule has 6 nitrogen and oxygen atoms in total. The van der Waals surface area contributed by atoms with Crippen LogP contribution in [0, 0.1) is 0 Å². The predicted molar refractivity (Wildman–Crippen MR) is 129 cm³/mol. The van der Waals surface area contributed by atoms with Crippen LogP contribution in [0.4, 0.5) is 0 Å².